The van der Waals surface area contributed by atoms with Crippen molar-refractivity contribution in [3.05, 3.63) is 40.8 Å². The number of carbonyl (C=O) groups excluding carboxylic acids is 2. The first-order valence-corrected chi connectivity index (χ1v) is 6.07. The van der Waals surface area contributed by atoms with Crippen molar-refractivity contribution in [2.45, 2.75) is 20.8 Å². The Morgan fingerprint density at radius 2 is 1.95 bits per heavy atom. The molecule has 6 heteroatoms. The second-order valence-electron chi connectivity index (χ2n) is 4.51. The molecule has 2 aromatic heterocycles. The van der Waals surface area contributed by atoms with Crippen LogP contribution in [0.2, 0.25) is 0 Å². The Morgan fingerprint density at radius 1 is 1.25 bits per heavy atom. The predicted molar refractivity (Wildman–Crippen MR) is 72.2 cm³/mol. The third-order valence-corrected chi connectivity index (χ3v) is 2.81. The molecule has 0 amide bonds. The van der Waals surface area contributed by atoms with Crippen LogP contribution in [0.5, 0.6) is 0 Å². The van der Waals surface area contributed by atoms with Crippen molar-refractivity contribution < 1.29 is 14.3 Å². The quantitative estimate of drug-likeness (QED) is 0.630. The third-order valence-electron chi connectivity index (χ3n) is 2.81. The topological polar surface area (TPSA) is 74.1 Å². The van der Waals surface area contributed by atoms with Gasteiger partial charge >= 0.3 is 5.97 Å². The largest absolute Gasteiger partial charge is 0.465 e. The van der Waals surface area contributed by atoms with E-state index in [4.69, 9.17) is 0 Å². The highest BCUT2D eigenvalue weighted by atomic mass is 16.5. The monoisotopic (exact) mass is 273 g/mol. The molecule has 0 unspecified atom stereocenters. The van der Waals surface area contributed by atoms with Gasteiger partial charge in [0.25, 0.3) is 0 Å². The lowest BCUT2D eigenvalue weighted by molar-refractivity contribution is 0.0597. The number of esters is 1. The summed E-state index contributed by atoms with van der Waals surface area (Å²) < 4.78 is 6.03. The second kappa shape index (κ2) is 5.24. The van der Waals surface area contributed by atoms with Gasteiger partial charge in [-0.05, 0) is 31.5 Å². The lowest BCUT2D eigenvalue weighted by Crippen LogP contribution is -2.13. The van der Waals surface area contributed by atoms with Crippen LogP contribution in [0, 0.1) is 13.8 Å². The van der Waals surface area contributed by atoms with E-state index in [-0.39, 0.29) is 17.0 Å². The molecule has 2 rings (SSSR count). The molecular weight excluding hydrogens is 258 g/mol. The Bertz CT molecular complexity index is 669. The van der Waals surface area contributed by atoms with Crippen LogP contribution in [0.25, 0.3) is 5.82 Å². The Morgan fingerprint density at radius 3 is 2.50 bits per heavy atom. The molecule has 0 radical (unpaired) electrons. The molecule has 0 aliphatic rings. The summed E-state index contributed by atoms with van der Waals surface area (Å²) in [6, 6.07) is 3.72. The number of aryl methyl sites for hydroxylation is 2. The number of Topliss-reactive ketones (excluding diaryl/α,β-unsaturated/α-hetero) is 1. The standard InChI is InChI=1S/C14H15N3O3/c1-8-5-9(2)16-12(6-8)17-13(10(3)18)11(7-15-17)14(19)20-4/h5-7H,1-4H3. The van der Waals surface area contributed by atoms with Crippen molar-refractivity contribution in [1.29, 1.82) is 0 Å². The van der Waals surface area contributed by atoms with Gasteiger partial charge in [-0.15, -0.1) is 0 Å². The number of nitrogens with zero attached hydrogens (tertiary/aromatic N) is 3. The fourth-order valence-electron chi connectivity index (χ4n) is 2.05. The maximum Gasteiger partial charge on any atom is 0.341 e. The van der Waals surface area contributed by atoms with Gasteiger partial charge in [0.05, 0.1) is 13.3 Å². The Kier molecular flexibility index (Phi) is 3.65. The molecule has 0 spiro atoms. The molecule has 0 saturated carbocycles. The van der Waals surface area contributed by atoms with Crippen LogP contribution < -0.4 is 0 Å². The number of hydrogen-bond donors (Lipinski definition) is 0. The van der Waals surface area contributed by atoms with E-state index in [0.29, 0.717) is 5.82 Å². The summed E-state index contributed by atoms with van der Waals surface area (Å²) in [5, 5.41) is 4.09. The number of carbonyl (C=O) groups is 2. The van der Waals surface area contributed by atoms with Crippen molar-refractivity contribution in [1.82, 2.24) is 14.8 Å². The summed E-state index contributed by atoms with van der Waals surface area (Å²) in [5.41, 5.74) is 2.12. The summed E-state index contributed by atoms with van der Waals surface area (Å²) in [5.74, 6) is -0.363. The van der Waals surface area contributed by atoms with Crippen molar-refractivity contribution in [2.75, 3.05) is 7.11 Å². The van der Waals surface area contributed by atoms with Crippen LogP contribution in [-0.2, 0) is 4.74 Å². The van der Waals surface area contributed by atoms with Gasteiger partial charge in [-0.1, -0.05) is 0 Å². The molecule has 20 heavy (non-hydrogen) atoms. The highest BCUT2D eigenvalue weighted by Crippen LogP contribution is 2.17. The second-order valence-corrected chi connectivity index (χ2v) is 4.51. The molecule has 0 saturated heterocycles. The molecule has 2 aromatic rings. The smallest absolute Gasteiger partial charge is 0.341 e. The van der Waals surface area contributed by atoms with Gasteiger partial charge in [-0.2, -0.15) is 5.10 Å². The van der Waals surface area contributed by atoms with E-state index >= 15 is 0 Å². The molecular formula is C14H15N3O3. The van der Waals surface area contributed by atoms with Gasteiger partial charge in [0.15, 0.2) is 11.6 Å². The number of ketones is 1. The molecule has 6 nitrogen and oxygen atoms in total. The molecule has 0 N–H and O–H groups in total. The molecule has 0 aliphatic heterocycles. The van der Waals surface area contributed by atoms with E-state index in [1.54, 1.807) is 6.07 Å². The van der Waals surface area contributed by atoms with Gasteiger partial charge in [-0.3, -0.25) is 4.79 Å². The Balaban J connectivity index is 2.65. The SMILES string of the molecule is COC(=O)c1cnn(-c2cc(C)cc(C)n2)c1C(C)=O. The van der Waals surface area contributed by atoms with Gasteiger partial charge in [0, 0.05) is 12.6 Å². The molecule has 2 heterocycles. The maximum atomic E-state index is 11.8. The first-order chi connectivity index (χ1) is 9.43. The third kappa shape index (κ3) is 2.45. The summed E-state index contributed by atoms with van der Waals surface area (Å²) in [6.45, 7) is 5.16. The lowest BCUT2D eigenvalue weighted by Gasteiger charge is -2.07. The summed E-state index contributed by atoms with van der Waals surface area (Å²) >= 11 is 0. The summed E-state index contributed by atoms with van der Waals surface area (Å²) in [6.07, 6.45) is 1.32. The summed E-state index contributed by atoms with van der Waals surface area (Å²) in [7, 11) is 1.26. The van der Waals surface area contributed by atoms with Crippen LogP contribution in [0.15, 0.2) is 18.3 Å². The first-order valence-electron chi connectivity index (χ1n) is 6.07. The van der Waals surface area contributed by atoms with Crippen LogP contribution in [0.1, 0.15) is 39.0 Å². The van der Waals surface area contributed by atoms with Crippen LogP contribution >= 0.6 is 0 Å². The normalized spacial score (nSPS) is 10.4. The maximum absolute atomic E-state index is 11.8. The van der Waals surface area contributed by atoms with Crippen molar-refractivity contribution in [3.63, 3.8) is 0 Å². The van der Waals surface area contributed by atoms with E-state index in [0.717, 1.165) is 11.3 Å². The van der Waals surface area contributed by atoms with Crippen LogP contribution in [-0.4, -0.2) is 33.6 Å². The number of ether oxygens (including phenoxy) is 1. The van der Waals surface area contributed by atoms with Gasteiger partial charge in [0.2, 0.25) is 0 Å². The zero-order valence-electron chi connectivity index (χ0n) is 11.8. The van der Waals surface area contributed by atoms with E-state index in [2.05, 4.69) is 14.8 Å². The minimum atomic E-state index is -0.592. The average Bonchev–Trinajstić information content (AvgIpc) is 2.81. The molecule has 0 atom stereocenters. The van der Waals surface area contributed by atoms with Crippen LogP contribution in [0.3, 0.4) is 0 Å². The number of rotatable bonds is 3. The lowest BCUT2D eigenvalue weighted by atomic mass is 10.2. The van der Waals surface area contributed by atoms with E-state index in [1.807, 2.05) is 19.9 Å². The average molecular weight is 273 g/mol. The number of hydrogen-bond acceptors (Lipinski definition) is 5. The molecule has 0 bridgehead atoms. The minimum Gasteiger partial charge on any atom is -0.465 e. The van der Waals surface area contributed by atoms with E-state index in [1.165, 1.54) is 24.9 Å². The number of methoxy groups -OCH3 is 1. The number of aromatic nitrogens is 3. The number of pyridine rings is 1. The van der Waals surface area contributed by atoms with Crippen LogP contribution in [0.4, 0.5) is 0 Å². The zero-order chi connectivity index (χ0) is 14.9. The molecule has 0 fully saturated rings. The van der Waals surface area contributed by atoms with E-state index in [9.17, 15) is 9.59 Å². The molecule has 104 valence electrons. The Hall–Kier alpha value is -2.50. The fraction of sp³-hybridized carbons (Fsp3) is 0.286. The van der Waals surface area contributed by atoms with Crippen molar-refractivity contribution in [3.8, 4) is 5.82 Å². The predicted octanol–water partition coefficient (Wildman–Crippen LogP) is 1.87. The van der Waals surface area contributed by atoms with Crippen molar-refractivity contribution >= 4 is 11.8 Å². The Labute approximate surface area is 116 Å². The van der Waals surface area contributed by atoms with Gasteiger partial charge in [-0.25, -0.2) is 14.5 Å². The molecule has 0 aliphatic carbocycles. The highest BCUT2D eigenvalue weighted by Gasteiger charge is 2.22. The zero-order valence-corrected chi connectivity index (χ0v) is 11.8. The van der Waals surface area contributed by atoms with Gasteiger partial charge in [0.1, 0.15) is 11.3 Å². The van der Waals surface area contributed by atoms with Crippen molar-refractivity contribution in [2.24, 2.45) is 0 Å². The molecule has 0 aromatic carbocycles. The first kappa shape index (κ1) is 13.9. The minimum absolute atomic E-state index is 0.140. The van der Waals surface area contributed by atoms with Gasteiger partial charge < -0.3 is 4.74 Å². The fourth-order valence-corrected chi connectivity index (χ4v) is 2.05. The highest BCUT2D eigenvalue weighted by molar-refractivity contribution is 6.04. The van der Waals surface area contributed by atoms with E-state index < -0.39 is 5.97 Å². The summed E-state index contributed by atoms with van der Waals surface area (Å²) in [4.78, 5) is 27.8.